The van der Waals surface area contributed by atoms with E-state index in [1.807, 2.05) is 0 Å². The van der Waals surface area contributed by atoms with Gasteiger partial charge in [-0.15, -0.1) is 11.3 Å². The lowest BCUT2D eigenvalue weighted by Gasteiger charge is -2.27. The number of hydrogen-bond acceptors (Lipinski definition) is 7. The minimum absolute atomic E-state index is 0.259. The summed E-state index contributed by atoms with van der Waals surface area (Å²) >= 11 is 0.538. The average molecular weight is 368 g/mol. The molecule has 0 aromatic carbocycles. The summed E-state index contributed by atoms with van der Waals surface area (Å²) in [5.41, 5.74) is -4.88. The van der Waals surface area contributed by atoms with Gasteiger partial charge in [-0.3, -0.25) is 0 Å². The topological polar surface area (TPSA) is 88.4 Å². The first-order valence-electron chi connectivity index (χ1n) is 6.29. The molecule has 1 aromatic rings. The molecule has 7 nitrogen and oxygen atoms in total. The van der Waals surface area contributed by atoms with E-state index >= 15 is 0 Å². The molecule has 0 amide bonds. The molecule has 0 aliphatic heterocycles. The number of aliphatic hydroxyl groups is 1. The molecule has 1 heterocycles. The first-order valence-corrected chi connectivity index (χ1v) is 7.11. The Morgan fingerprint density at radius 2 is 1.88 bits per heavy atom. The summed E-state index contributed by atoms with van der Waals surface area (Å²) in [6.45, 7) is 0. The van der Waals surface area contributed by atoms with Crippen molar-refractivity contribution in [3.8, 4) is 0 Å². The van der Waals surface area contributed by atoms with Crippen LogP contribution in [0, 0.1) is 0 Å². The maximum atomic E-state index is 13.4. The number of rotatable bonds is 5. The Hall–Kier alpha value is -2.14. The number of ether oxygens (including phenoxy) is 2. The van der Waals surface area contributed by atoms with Crippen LogP contribution in [0.4, 0.5) is 18.2 Å². The molecule has 0 fully saturated rings. The molecular weight excluding hydrogens is 353 g/mol. The number of aliphatic imine (C=N–C) groups is 1. The number of thiophene rings is 1. The van der Waals surface area contributed by atoms with Crippen LogP contribution in [-0.4, -0.2) is 62.8 Å². The van der Waals surface area contributed by atoms with Gasteiger partial charge < -0.3 is 19.5 Å². The van der Waals surface area contributed by atoms with E-state index in [2.05, 4.69) is 14.5 Å². The lowest BCUT2D eigenvalue weighted by atomic mass is 9.94. The number of esters is 2. The van der Waals surface area contributed by atoms with Crippen molar-refractivity contribution in [2.75, 3.05) is 28.3 Å². The van der Waals surface area contributed by atoms with Gasteiger partial charge in [-0.1, -0.05) is 0 Å². The summed E-state index contributed by atoms with van der Waals surface area (Å²) in [6.07, 6.45) is -4.23. The third kappa shape index (κ3) is 3.67. The van der Waals surface area contributed by atoms with Gasteiger partial charge in [0.2, 0.25) is 0 Å². The van der Waals surface area contributed by atoms with Gasteiger partial charge in [-0.2, -0.15) is 13.2 Å². The molecule has 11 heteroatoms. The second-order valence-electron chi connectivity index (χ2n) is 4.73. The lowest BCUT2D eigenvalue weighted by Crippen LogP contribution is -2.49. The first kappa shape index (κ1) is 19.9. The zero-order valence-corrected chi connectivity index (χ0v) is 14.0. The Kier molecular flexibility index (Phi) is 5.95. The number of carbonyl (C=O) groups is 2. The summed E-state index contributed by atoms with van der Waals surface area (Å²) in [6, 6.07) is 0.712. The van der Waals surface area contributed by atoms with Gasteiger partial charge in [0.05, 0.1) is 20.6 Å². The van der Waals surface area contributed by atoms with Gasteiger partial charge in [-0.25, -0.2) is 14.6 Å². The van der Waals surface area contributed by atoms with Crippen LogP contribution in [-0.2, 0) is 19.9 Å². The largest absolute Gasteiger partial charge is 0.466 e. The highest BCUT2D eigenvalue weighted by Gasteiger charge is 2.63. The van der Waals surface area contributed by atoms with Crippen molar-refractivity contribution in [2.24, 2.45) is 4.99 Å². The van der Waals surface area contributed by atoms with Crippen LogP contribution in [0.25, 0.3) is 0 Å². The number of nitrogens with zero attached hydrogens (tertiary/aromatic N) is 2. The van der Waals surface area contributed by atoms with Crippen molar-refractivity contribution >= 4 is 34.6 Å². The molecule has 0 saturated carbocycles. The summed E-state index contributed by atoms with van der Waals surface area (Å²) in [7, 11) is 4.87. The zero-order valence-electron chi connectivity index (χ0n) is 13.2. The standard InChI is InChI=1S/C13H15F3N2O5S/c1-18(2)6-17-9-7(5-8(24-9)10(19)22-3)12(21,11(20)23-4)13(14,15)16/h5-6,21H,1-4H3/t12-/m1/s1. The van der Waals surface area contributed by atoms with Crippen molar-refractivity contribution in [2.45, 2.75) is 11.8 Å². The minimum atomic E-state index is -5.39. The highest BCUT2D eigenvalue weighted by Crippen LogP contribution is 2.47. The summed E-state index contributed by atoms with van der Waals surface area (Å²) in [5.74, 6) is -2.87. The molecule has 0 radical (unpaired) electrons. The molecule has 1 atom stereocenters. The van der Waals surface area contributed by atoms with E-state index in [9.17, 15) is 27.9 Å². The normalized spacial score (nSPS) is 14.3. The molecule has 0 unspecified atom stereocenters. The predicted octanol–water partition coefficient (Wildman–Crippen LogP) is 1.68. The van der Waals surface area contributed by atoms with E-state index in [4.69, 9.17) is 0 Å². The van der Waals surface area contributed by atoms with Crippen LogP contribution in [0.15, 0.2) is 11.1 Å². The fraction of sp³-hybridized carbons (Fsp3) is 0.462. The average Bonchev–Trinajstić information content (AvgIpc) is 2.93. The Bertz CT molecular complexity index is 657. The first-order chi connectivity index (χ1) is 11.0. The van der Waals surface area contributed by atoms with Crippen molar-refractivity contribution in [3.05, 3.63) is 16.5 Å². The smallest absolute Gasteiger partial charge is 0.432 e. The van der Waals surface area contributed by atoms with Crippen molar-refractivity contribution in [1.82, 2.24) is 4.90 Å². The van der Waals surface area contributed by atoms with E-state index < -0.39 is 29.3 Å². The van der Waals surface area contributed by atoms with Gasteiger partial charge in [0.1, 0.15) is 9.88 Å². The van der Waals surface area contributed by atoms with Gasteiger partial charge in [0, 0.05) is 19.7 Å². The van der Waals surface area contributed by atoms with Crippen LogP contribution in [0.1, 0.15) is 15.2 Å². The monoisotopic (exact) mass is 368 g/mol. The Labute approximate surface area is 139 Å². The van der Waals surface area contributed by atoms with Crippen LogP contribution >= 0.6 is 11.3 Å². The van der Waals surface area contributed by atoms with E-state index in [-0.39, 0.29) is 9.88 Å². The maximum Gasteiger partial charge on any atom is 0.432 e. The lowest BCUT2D eigenvalue weighted by molar-refractivity contribution is -0.266. The maximum absolute atomic E-state index is 13.4. The van der Waals surface area contributed by atoms with Crippen LogP contribution in [0.2, 0.25) is 0 Å². The van der Waals surface area contributed by atoms with E-state index in [0.717, 1.165) is 13.4 Å². The third-order valence-corrected chi connectivity index (χ3v) is 3.81. The summed E-state index contributed by atoms with van der Waals surface area (Å²) in [5, 5.41) is 9.69. The van der Waals surface area contributed by atoms with Gasteiger partial charge in [0.25, 0.3) is 5.60 Å². The predicted molar refractivity (Wildman–Crippen MR) is 79.5 cm³/mol. The zero-order chi connectivity index (χ0) is 18.7. The van der Waals surface area contributed by atoms with Gasteiger partial charge in [-0.05, 0) is 6.07 Å². The molecular formula is C13H15F3N2O5S. The third-order valence-electron chi connectivity index (χ3n) is 2.79. The fourth-order valence-corrected chi connectivity index (χ4v) is 2.60. The quantitative estimate of drug-likeness (QED) is 0.483. The molecule has 1 N–H and O–H groups in total. The van der Waals surface area contributed by atoms with Crippen molar-refractivity contribution in [3.63, 3.8) is 0 Å². The van der Waals surface area contributed by atoms with Gasteiger partial charge >= 0.3 is 18.1 Å². The van der Waals surface area contributed by atoms with Crippen LogP contribution < -0.4 is 0 Å². The SMILES string of the molecule is COC(=O)c1cc([C@@](O)(C(=O)OC)C(F)(F)F)c(N=CN(C)C)s1. The molecule has 134 valence electrons. The number of methoxy groups -OCH3 is 2. The van der Waals surface area contributed by atoms with Crippen LogP contribution in [0.5, 0.6) is 0 Å². The van der Waals surface area contributed by atoms with Crippen LogP contribution in [0.3, 0.4) is 0 Å². The van der Waals surface area contributed by atoms with E-state index in [0.29, 0.717) is 24.5 Å². The highest BCUT2D eigenvalue weighted by molar-refractivity contribution is 7.17. The molecule has 0 aliphatic carbocycles. The highest BCUT2D eigenvalue weighted by atomic mass is 32.1. The molecule has 0 bridgehead atoms. The molecule has 24 heavy (non-hydrogen) atoms. The van der Waals surface area contributed by atoms with Crippen molar-refractivity contribution in [1.29, 1.82) is 0 Å². The fourth-order valence-electron chi connectivity index (χ4n) is 1.63. The van der Waals surface area contributed by atoms with Gasteiger partial charge in [0.15, 0.2) is 0 Å². The molecule has 0 spiro atoms. The Balaban J connectivity index is 3.65. The summed E-state index contributed by atoms with van der Waals surface area (Å²) in [4.78, 5) is 28.2. The number of carbonyl (C=O) groups excluding carboxylic acids is 2. The van der Waals surface area contributed by atoms with E-state index in [1.165, 1.54) is 4.90 Å². The van der Waals surface area contributed by atoms with E-state index in [1.54, 1.807) is 14.1 Å². The Morgan fingerprint density at radius 1 is 1.29 bits per heavy atom. The second kappa shape index (κ2) is 7.18. The second-order valence-corrected chi connectivity index (χ2v) is 5.76. The van der Waals surface area contributed by atoms with Crippen molar-refractivity contribution < 1.29 is 37.3 Å². The minimum Gasteiger partial charge on any atom is -0.466 e. The number of halogens is 3. The molecule has 1 aromatic heterocycles. The Morgan fingerprint density at radius 3 is 2.29 bits per heavy atom. The molecule has 0 aliphatic rings. The summed E-state index contributed by atoms with van der Waals surface area (Å²) < 4.78 is 48.7. The molecule has 0 saturated heterocycles. The number of hydrogen-bond donors (Lipinski definition) is 1. The molecule has 1 rings (SSSR count). The number of alkyl halides is 3.